The van der Waals surface area contributed by atoms with Gasteiger partial charge >= 0.3 is 5.97 Å². The van der Waals surface area contributed by atoms with Crippen molar-refractivity contribution in [2.75, 3.05) is 24.3 Å². The summed E-state index contributed by atoms with van der Waals surface area (Å²) in [5, 5.41) is 0. The van der Waals surface area contributed by atoms with Crippen LogP contribution < -0.4 is 10.6 Å². The second-order valence-electron chi connectivity index (χ2n) is 4.55. The zero-order chi connectivity index (χ0) is 14.4. The maximum Gasteiger partial charge on any atom is 0.340 e. The van der Waals surface area contributed by atoms with E-state index in [0.717, 1.165) is 18.5 Å². The summed E-state index contributed by atoms with van der Waals surface area (Å²) in [6, 6.07) is 5.73. The average Bonchev–Trinajstić information content (AvgIpc) is 2.39. The first kappa shape index (κ1) is 15.3. The van der Waals surface area contributed by atoms with Crippen molar-refractivity contribution in [3.8, 4) is 0 Å². The number of rotatable bonds is 6. The highest BCUT2D eigenvalue weighted by Crippen LogP contribution is 2.30. The summed E-state index contributed by atoms with van der Waals surface area (Å²) in [6.07, 6.45) is 2.01. The smallest absolute Gasteiger partial charge is 0.340 e. The number of nitrogens with two attached hydrogens (primary N) is 1. The zero-order valence-corrected chi connectivity index (χ0v) is 12.3. The molecule has 0 saturated heterocycles. The molecule has 0 radical (unpaired) electrons. The molecule has 0 unspecified atom stereocenters. The summed E-state index contributed by atoms with van der Waals surface area (Å²) in [7, 11) is 1.98. The molecule has 0 atom stereocenters. The lowest BCUT2D eigenvalue weighted by Crippen LogP contribution is -2.32. The maximum atomic E-state index is 12.0. The number of hydrogen-bond donors (Lipinski definition) is 1. The molecule has 4 heteroatoms. The molecule has 0 aromatic heterocycles. The SMILES string of the molecule is CCOC(=O)c1cccc(N)c1N(C)C(CC)CC. The molecule has 4 nitrogen and oxygen atoms in total. The number of nitrogen functional groups attached to an aromatic ring is 1. The lowest BCUT2D eigenvalue weighted by molar-refractivity contribution is 0.0527. The van der Waals surface area contributed by atoms with Crippen LogP contribution in [0.2, 0.25) is 0 Å². The summed E-state index contributed by atoms with van der Waals surface area (Å²) in [6.45, 7) is 6.43. The number of para-hydroxylation sites is 1. The molecule has 1 rings (SSSR count). The molecule has 0 aliphatic rings. The van der Waals surface area contributed by atoms with Gasteiger partial charge in [0.05, 0.1) is 23.5 Å². The standard InChI is InChI=1S/C15H24N2O2/c1-5-11(6-2)17(4)14-12(15(18)19-7-3)9-8-10-13(14)16/h8-11H,5-7,16H2,1-4H3. The van der Waals surface area contributed by atoms with Crippen molar-refractivity contribution in [1.29, 1.82) is 0 Å². The molecule has 0 spiro atoms. The fourth-order valence-corrected chi connectivity index (χ4v) is 2.35. The van der Waals surface area contributed by atoms with Crippen LogP contribution in [0, 0.1) is 0 Å². The second kappa shape index (κ2) is 7.02. The number of nitrogens with zero attached hydrogens (tertiary/aromatic N) is 1. The van der Waals surface area contributed by atoms with Crippen molar-refractivity contribution in [1.82, 2.24) is 0 Å². The molecule has 1 aromatic rings. The van der Waals surface area contributed by atoms with Gasteiger partial charge in [0.25, 0.3) is 0 Å². The predicted molar refractivity (Wildman–Crippen MR) is 79.6 cm³/mol. The Morgan fingerprint density at radius 2 is 1.95 bits per heavy atom. The Labute approximate surface area is 115 Å². The number of ether oxygens (including phenoxy) is 1. The van der Waals surface area contributed by atoms with E-state index in [0.29, 0.717) is 23.9 Å². The van der Waals surface area contributed by atoms with E-state index < -0.39 is 0 Å². The summed E-state index contributed by atoms with van der Waals surface area (Å²) >= 11 is 0. The number of anilines is 2. The van der Waals surface area contributed by atoms with Crippen molar-refractivity contribution in [2.24, 2.45) is 0 Å². The lowest BCUT2D eigenvalue weighted by Gasteiger charge is -2.30. The number of carbonyl (C=O) groups is 1. The molecule has 0 aliphatic carbocycles. The van der Waals surface area contributed by atoms with Crippen LogP contribution in [0.4, 0.5) is 11.4 Å². The molecule has 0 aliphatic heterocycles. The maximum absolute atomic E-state index is 12.0. The molecule has 2 N–H and O–H groups in total. The van der Waals surface area contributed by atoms with Gasteiger partial charge in [-0.2, -0.15) is 0 Å². The van der Waals surface area contributed by atoms with Crippen LogP contribution in [-0.4, -0.2) is 25.7 Å². The van der Waals surface area contributed by atoms with Crippen LogP contribution >= 0.6 is 0 Å². The minimum Gasteiger partial charge on any atom is -0.462 e. The largest absolute Gasteiger partial charge is 0.462 e. The highest BCUT2D eigenvalue weighted by atomic mass is 16.5. The number of esters is 1. The molecule has 19 heavy (non-hydrogen) atoms. The van der Waals surface area contributed by atoms with Crippen LogP contribution in [0.1, 0.15) is 44.0 Å². The van der Waals surface area contributed by atoms with E-state index in [1.54, 1.807) is 19.1 Å². The molecule has 0 fully saturated rings. The van der Waals surface area contributed by atoms with Gasteiger partial charge in [-0.3, -0.25) is 0 Å². The minimum atomic E-state index is -0.317. The van der Waals surface area contributed by atoms with E-state index in [4.69, 9.17) is 10.5 Å². The Morgan fingerprint density at radius 3 is 2.47 bits per heavy atom. The quantitative estimate of drug-likeness (QED) is 0.633. The number of hydrogen-bond acceptors (Lipinski definition) is 4. The van der Waals surface area contributed by atoms with Gasteiger partial charge in [0.1, 0.15) is 0 Å². The van der Waals surface area contributed by atoms with Gasteiger partial charge in [-0.15, -0.1) is 0 Å². The fourth-order valence-electron chi connectivity index (χ4n) is 2.35. The van der Waals surface area contributed by atoms with Crippen molar-refractivity contribution >= 4 is 17.3 Å². The molecule has 0 saturated carbocycles. The highest BCUT2D eigenvalue weighted by Gasteiger charge is 2.21. The summed E-state index contributed by atoms with van der Waals surface area (Å²) in [4.78, 5) is 14.1. The fraction of sp³-hybridized carbons (Fsp3) is 0.533. The van der Waals surface area contributed by atoms with Crippen LogP contribution in [0.3, 0.4) is 0 Å². The van der Waals surface area contributed by atoms with Crippen LogP contribution in [0.25, 0.3) is 0 Å². The van der Waals surface area contributed by atoms with Crippen molar-refractivity contribution in [3.63, 3.8) is 0 Å². The van der Waals surface area contributed by atoms with E-state index in [2.05, 4.69) is 18.7 Å². The van der Waals surface area contributed by atoms with Gasteiger partial charge in [-0.05, 0) is 31.9 Å². The Morgan fingerprint density at radius 1 is 1.32 bits per heavy atom. The molecule has 1 aromatic carbocycles. The Kier molecular flexibility index (Phi) is 5.67. The van der Waals surface area contributed by atoms with Crippen molar-refractivity contribution in [3.05, 3.63) is 23.8 Å². The van der Waals surface area contributed by atoms with Crippen molar-refractivity contribution < 1.29 is 9.53 Å². The molecular formula is C15H24N2O2. The monoisotopic (exact) mass is 264 g/mol. The topological polar surface area (TPSA) is 55.6 Å². The molecule has 0 bridgehead atoms. The normalized spacial score (nSPS) is 10.6. The first-order valence-electron chi connectivity index (χ1n) is 6.85. The van der Waals surface area contributed by atoms with Crippen LogP contribution in [0.5, 0.6) is 0 Å². The highest BCUT2D eigenvalue weighted by molar-refractivity contribution is 5.99. The average molecular weight is 264 g/mol. The Balaban J connectivity index is 3.20. The minimum absolute atomic E-state index is 0.317. The lowest BCUT2D eigenvalue weighted by atomic mass is 10.1. The third-order valence-corrected chi connectivity index (χ3v) is 3.41. The van der Waals surface area contributed by atoms with E-state index in [-0.39, 0.29) is 5.97 Å². The first-order chi connectivity index (χ1) is 9.06. The van der Waals surface area contributed by atoms with E-state index in [9.17, 15) is 4.79 Å². The predicted octanol–water partition coefficient (Wildman–Crippen LogP) is 3.07. The van der Waals surface area contributed by atoms with Gasteiger partial charge < -0.3 is 15.4 Å². The van der Waals surface area contributed by atoms with Crippen LogP contribution in [-0.2, 0) is 4.74 Å². The van der Waals surface area contributed by atoms with E-state index in [1.807, 2.05) is 13.1 Å². The van der Waals surface area contributed by atoms with Crippen molar-refractivity contribution in [2.45, 2.75) is 39.7 Å². The van der Waals surface area contributed by atoms with Gasteiger partial charge in [0, 0.05) is 13.1 Å². The Bertz CT molecular complexity index is 428. The second-order valence-corrected chi connectivity index (χ2v) is 4.55. The molecule has 0 amide bonds. The summed E-state index contributed by atoms with van der Waals surface area (Å²) < 4.78 is 5.10. The molecule has 106 valence electrons. The van der Waals surface area contributed by atoms with E-state index in [1.165, 1.54) is 0 Å². The van der Waals surface area contributed by atoms with Gasteiger partial charge in [-0.1, -0.05) is 19.9 Å². The van der Waals surface area contributed by atoms with Gasteiger partial charge in [0.2, 0.25) is 0 Å². The summed E-state index contributed by atoms with van der Waals surface area (Å²) in [5.74, 6) is -0.317. The van der Waals surface area contributed by atoms with Gasteiger partial charge in [0.15, 0.2) is 0 Å². The van der Waals surface area contributed by atoms with Gasteiger partial charge in [-0.25, -0.2) is 4.79 Å². The zero-order valence-electron chi connectivity index (χ0n) is 12.3. The third-order valence-electron chi connectivity index (χ3n) is 3.41. The summed E-state index contributed by atoms with van der Waals surface area (Å²) in [5.41, 5.74) is 7.98. The van der Waals surface area contributed by atoms with Crippen LogP contribution in [0.15, 0.2) is 18.2 Å². The first-order valence-corrected chi connectivity index (χ1v) is 6.85. The molecular weight excluding hydrogens is 240 g/mol. The van der Waals surface area contributed by atoms with E-state index >= 15 is 0 Å². The number of benzene rings is 1. The third kappa shape index (κ3) is 3.40. The molecule has 0 heterocycles. The number of carbonyl (C=O) groups excluding carboxylic acids is 1. The Hall–Kier alpha value is -1.71.